The van der Waals surface area contributed by atoms with Crippen molar-refractivity contribution in [1.82, 2.24) is 10.3 Å². The van der Waals surface area contributed by atoms with Crippen molar-refractivity contribution in [1.29, 1.82) is 0 Å². The Bertz CT molecular complexity index is 2110. The molecule has 1 aliphatic heterocycles. The van der Waals surface area contributed by atoms with E-state index in [0.717, 1.165) is 69.5 Å². The molecule has 0 saturated carbocycles. The number of benzene rings is 5. The Balaban J connectivity index is 1.09. The number of anilines is 2. The fourth-order valence-corrected chi connectivity index (χ4v) is 5.84. The number of hydrogen-bond acceptors (Lipinski definition) is 8. The number of nitrogens with one attached hydrogen (secondary N) is 2. The molecule has 1 aliphatic carbocycles. The summed E-state index contributed by atoms with van der Waals surface area (Å²) in [6.45, 7) is 12.1. The summed E-state index contributed by atoms with van der Waals surface area (Å²) < 4.78 is 6.38. The van der Waals surface area contributed by atoms with E-state index in [-0.39, 0.29) is 5.91 Å². The van der Waals surface area contributed by atoms with Crippen LogP contribution in [0.1, 0.15) is 43.1 Å². The summed E-state index contributed by atoms with van der Waals surface area (Å²) in [5, 5.41) is 18.3. The summed E-state index contributed by atoms with van der Waals surface area (Å²) in [5.41, 5.74) is 7.47. The predicted molar refractivity (Wildman–Crippen MR) is 195 cm³/mol. The Morgan fingerprint density at radius 3 is 2.38 bits per heavy atom. The zero-order valence-electron chi connectivity index (χ0n) is 28.0. The van der Waals surface area contributed by atoms with Gasteiger partial charge in [0.1, 0.15) is 11.2 Å². The Hall–Kier alpha value is -5.57. The van der Waals surface area contributed by atoms with Crippen molar-refractivity contribution in [3.05, 3.63) is 107 Å². The van der Waals surface area contributed by atoms with Crippen LogP contribution in [0.15, 0.2) is 111 Å². The van der Waals surface area contributed by atoms with Gasteiger partial charge in [-0.2, -0.15) is 10.2 Å². The van der Waals surface area contributed by atoms with Crippen molar-refractivity contribution in [3.8, 4) is 11.5 Å². The standard InChI is InChI=1S/C39H41N7O2/c1-5-40-33-24-36-35(22-26(33)4)43-38-32-15-9-8-14-31(32)34(25-37(38)48-36)41-20-11-21-42-39(47)27-12-10-13-29(23-27)45-44-28-16-18-30(19-17-28)46(6-2)7-3/h8-10,12-19,22-25,41H,5-7,11,20-21H2,1-4H3,(H,42,47). The lowest BCUT2D eigenvalue weighted by Gasteiger charge is -2.20. The largest absolute Gasteiger partial charge is 0.453 e. The number of aromatic nitrogens is 1. The van der Waals surface area contributed by atoms with E-state index in [1.165, 1.54) is 0 Å². The maximum atomic E-state index is 12.9. The van der Waals surface area contributed by atoms with Gasteiger partial charge in [0.2, 0.25) is 0 Å². The number of hydrogen-bond donors (Lipinski definition) is 2. The molecule has 4 aromatic rings. The second-order valence-corrected chi connectivity index (χ2v) is 11.6. The van der Waals surface area contributed by atoms with Crippen LogP contribution in [0.5, 0.6) is 0 Å². The lowest BCUT2D eigenvalue weighted by molar-refractivity contribution is 0.0953. The monoisotopic (exact) mass is 639 g/mol. The molecule has 6 rings (SSSR count). The summed E-state index contributed by atoms with van der Waals surface area (Å²) in [7, 11) is 0. The third kappa shape index (κ3) is 7.20. The van der Waals surface area contributed by atoms with Gasteiger partial charge in [-0.05, 0) is 88.2 Å². The smallest absolute Gasteiger partial charge is 0.251 e. The minimum atomic E-state index is -0.145. The Kier molecular flexibility index (Phi) is 10.0. The van der Waals surface area contributed by atoms with Crippen LogP contribution in [0.3, 0.4) is 0 Å². The van der Waals surface area contributed by atoms with Crippen molar-refractivity contribution in [3.63, 3.8) is 0 Å². The highest BCUT2D eigenvalue weighted by Gasteiger charge is 2.15. The topological polar surface area (TPSA) is 107 Å². The Morgan fingerprint density at radius 2 is 1.60 bits per heavy atom. The molecule has 0 atom stereocenters. The van der Waals surface area contributed by atoms with E-state index >= 15 is 0 Å². The summed E-state index contributed by atoms with van der Waals surface area (Å²) in [6.07, 6.45) is 0.731. The summed E-state index contributed by atoms with van der Waals surface area (Å²) >= 11 is 0. The number of amides is 1. The van der Waals surface area contributed by atoms with Gasteiger partial charge in [-0.1, -0.05) is 30.3 Å². The lowest BCUT2D eigenvalue weighted by Crippen LogP contribution is -2.25. The maximum Gasteiger partial charge on any atom is 0.251 e. The second kappa shape index (κ2) is 14.9. The number of carbonyl (C=O) groups excluding carboxylic acids is 1. The molecule has 244 valence electrons. The van der Waals surface area contributed by atoms with Gasteiger partial charge < -0.3 is 20.0 Å². The van der Waals surface area contributed by atoms with Crippen molar-refractivity contribution >= 4 is 50.5 Å². The summed E-state index contributed by atoms with van der Waals surface area (Å²) in [6, 6.07) is 29.4. The molecule has 48 heavy (non-hydrogen) atoms. The molecule has 0 spiro atoms. The third-order valence-corrected chi connectivity index (χ3v) is 8.36. The molecule has 4 aromatic carbocycles. The fourth-order valence-electron chi connectivity index (χ4n) is 5.84. The molecule has 2 aliphatic rings. The molecule has 0 bridgehead atoms. The van der Waals surface area contributed by atoms with Crippen molar-refractivity contribution < 1.29 is 9.21 Å². The van der Waals surface area contributed by atoms with Gasteiger partial charge in [0.05, 0.1) is 16.7 Å². The Labute approximate surface area is 280 Å². The van der Waals surface area contributed by atoms with Gasteiger partial charge in [0.15, 0.2) is 11.3 Å². The normalized spacial score (nSPS) is 12.0. The van der Waals surface area contributed by atoms with E-state index in [2.05, 4.69) is 68.9 Å². The maximum absolute atomic E-state index is 12.9. The van der Waals surface area contributed by atoms with E-state index < -0.39 is 0 Å². The first-order valence-electron chi connectivity index (χ1n) is 16.6. The number of nitrogens with zero attached hydrogens (tertiary/aromatic N) is 5. The van der Waals surface area contributed by atoms with Gasteiger partial charge in [-0.25, -0.2) is 4.98 Å². The van der Waals surface area contributed by atoms with Crippen LogP contribution in [0, 0.1) is 6.92 Å². The molecular formula is C39H41N7O2. The van der Waals surface area contributed by atoms with Gasteiger partial charge in [-0.15, -0.1) is 0 Å². The first-order valence-corrected chi connectivity index (χ1v) is 16.6. The molecule has 1 heterocycles. The van der Waals surface area contributed by atoms with Crippen LogP contribution in [-0.2, 0) is 0 Å². The third-order valence-electron chi connectivity index (χ3n) is 8.36. The number of rotatable bonds is 12. The Morgan fingerprint density at radius 1 is 0.833 bits per heavy atom. The highest BCUT2D eigenvalue weighted by atomic mass is 16.3. The molecule has 9 heteroatoms. The number of azo groups is 1. The van der Waals surface area contributed by atoms with Crippen molar-refractivity contribution in [2.45, 2.75) is 34.1 Å². The molecule has 0 aromatic heterocycles. The fraction of sp³-hybridized carbons (Fsp3) is 0.256. The molecule has 0 unspecified atom stereocenters. The lowest BCUT2D eigenvalue weighted by atomic mass is 10.1. The average molecular weight is 640 g/mol. The number of carbonyl (C=O) groups is 1. The molecule has 1 amide bonds. The molecular weight excluding hydrogens is 598 g/mol. The van der Waals surface area contributed by atoms with Gasteiger partial charge in [0, 0.05) is 72.6 Å². The van der Waals surface area contributed by atoms with Crippen LogP contribution in [-0.4, -0.2) is 43.6 Å². The van der Waals surface area contributed by atoms with Crippen molar-refractivity contribution in [2.75, 3.05) is 42.9 Å². The molecule has 9 nitrogen and oxygen atoms in total. The molecule has 0 saturated heterocycles. The molecule has 0 fully saturated rings. The van der Waals surface area contributed by atoms with Crippen LogP contribution in [0.4, 0.5) is 22.7 Å². The minimum Gasteiger partial charge on any atom is -0.453 e. The van der Waals surface area contributed by atoms with E-state index in [0.29, 0.717) is 42.2 Å². The summed E-state index contributed by atoms with van der Waals surface area (Å²) in [4.78, 5) is 24.8. The van der Waals surface area contributed by atoms with E-state index in [4.69, 9.17) is 9.40 Å². The second-order valence-electron chi connectivity index (χ2n) is 11.6. The quantitative estimate of drug-likeness (QED) is 0.0602. The SMILES string of the molecule is CCN=c1cc2oc3cc(NCCCNC(=O)c4cccc(N=Nc5ccc(N(CC)CC)cc5)c4)c4ccccc4c3nc-2cc1C. The summed E-state index contributed by atoms with van der Waals surface area (Å²) in [5.74, 6) is 0.562. The van der Waals surface area contributed by atoms with E-state index in [1.54, 1.807) is 12.1 Å². The molecule has 0 radical (unpaired) electrons. The van der Waals surface area contributed by atoms with E-state index in [9.17, 15) is 4.79 Å². The van der Waals surface area contributed by atoms with Crippen LogP contribution >= 0.6 is 0 Å². The zero-order valence-corrected chi connectivity index (χ0v) is 28.0. The molecule has 2 N–H and O–H groups in total. The highest BCUT2D eigenvalue weighted by molar-refractivity contribution is 6.10. The van der Waals surface area contributed by atoms with Crippen LogP contribution < -0.4 is 20.9 Å². The first kappa shape index (κ1) is 32.4. The first-order chi connectivity index (χ1) is 23.5. The zero-order chi connectivity index (χ0) is 33.5. The minimum absolute atomic E-state index is 0.145. The number of aryl methyl sites for hydroxylation is 1. The van der Waals surface area contributed by atoms with Gasteiger partial charge in [-0.3, -0.25) is 9.79 Å². The number of fused-ring (bicyclic) bond motifs is 4. The van der Waals surface area contributed by atoms with Crippen molar-refractivity contribution in [2.24, 2.45) is 15.2 Å². The highest BCUT2D eigenvalue weighted by Crippen LogP contribution is 2.34. The van der Waals surface area contributed by atoms with Crippen LogP contribution in [0.2, 0.25) is 0 Å². The van der Waals surface area contributed by atoms with Gasteiger partial charge in [0.25, 0.3) is 5.91 Å². The predicted octanol–water partition coefficient (Wildman–Crippen LogP) is 8.81. The van der Waals surface area contributed by atoms with Gasteiger partial charge >= 0.3 is 0 Å². The average Bonchev–Trinajstić information content (AvgIpc) is 3.11. The van der Waals surface area contributed by atoms with Crippen LogP contribution in [0.25, 0.3) is 33.3 Å². The van der Waals surface area contributed by atoms with E-state index in [1.807, 2.05) is 68.4 Å².